The molecule has 142 valence electrons. The molecule has 1 aliphatic heterocycles. The number of halogens is 1. The highest BCUT2D eigenvalue weighted by Gasteiger charge is 2.36. The highest BCUT2D eigenvalue weighted by molar-refractivity contribution is 6.31. The van der Waals surface area contributed by atoms with Gasteiger partial charge in [0, 0.05) is 30.1 Å². The van der Waals surface area contributed by atoms with Crippen LogP contribution in [0.4, 0.5) is 5.69 Å². The molecule has 2 amide bonds. The number of rotatable bonds is 6. The summed E-state index contributed by atoms with van der Waals surface area (Å²) in [5.74, 6) is 0.523. The zero-order chi connectivity index (χ0) is 19.4. The number of para-hydroxylation sites is 1. The van der Waals surface area contributed by atoms with Gasteiger partial charge in [0.2, 0.25) is 11.8 Å². The van der Waals surface area contributed by atoms with Crippen LogP contribution in [-0.4, -0.2) is 32.6 Å². The second-order valence-corrected chi connectivity index (χ2v) is 6.69. The Labute approximate surface area is 163 Å². The van der Waals surface area contributed by atoms with E-state index in [1.54, 1.807) is 30.2 Å². The monoisotopic (exact) mass is 388 g/mol. The van der Waals surface area contributed by atoms with Crippen LogP contribution >= 0.6 is 11.6 Å². The van der Waals surface area contributed by atoms with Crippen molar-refractivity contribution in [2.75, 3.05) is 25.7 Å². The van der Waals surface area contributed by atoms with Crippen molar-refractivity contribution >= 4 is 29.1 Å². The Kier molecular flexibility index (Phi) is 5.86. The van der Waals surface area contributed by atoms with Crippen LogP contribution in [0.3, 0.4) is 0 Å². The van der Waals surface area contributed by atoms with Gasteiger partial charge in [-0.1, -0.05) is 29.8 Å². The third-order valence-corrected chi connectivity index (χ3v) is 4.81. The first-order valence-electron chi connectivity index (χ1n) is 8.57. The SMILES string of the molecule is COc1ccccc1CNC(=O)[C@@H]1CC(=O)N(c2cc(Cl)ccc2OC)C1. The van der Waals surface area contributed by atoms with Crippen LogP contribution < -0.4 is 19.7 Å². The first-order valence-corrected chi connectivity index (χ1v) is 8.94. The number of amides is 2. The summed E-state index contributed by atoms with van der Waals surface area (Å²) in [6.45, 7) is 0.626. The Morgan fingerprint density at radius 2 is 1.93 bits per heavy atom. The molecule has 7 heteroatoms. The standard InChI is InChI=1S/C20H21ClN2O4/c1-26-17-6-4-3-5-13(17)11-22-20(25)14-9-19(24)23(12-14)16-10-15(21)7-8-18(16)27-2/h3-8,10,14H,9,11-12H2,1-2H3,(H,22,25)/t14-/m1/s1. The molecule has 1 heterocycles. The Hall–Kier alpha value is -2.73. The number of hydrogen-bond donors (Lipinski definition) is 1. The molecule has 3 rings (SSSR count). The number of nitrogens with zero attached hydrogens (tertiary/aromatic N) is 1. The summed E-state index contributed by atoms with van der Waals surface area (Å²) in [5.41, 5.74) is 1.46. The lowest BCUT2D eigenvalue weighted by atomic mass is 10.1. The van der Waals surface area contributed by atoms with E-state index < -0.39 is 5.92 Å². The molecule has 1 N–H and O–H groups in total. The number of methoxy groups -OCH3 is 2. The van der Waals surface area contributed by atoms with E-state index in [2.05, 4.69) is 5.32 Å². The van der Waals surface area contributed by atoms with Crippen molar-refractivity contribution in [1.29, 1.82) is 0 Å². The molecular weight excluding hydrogens is 368 g/mol. The van der Waals surface area contributed by atoms with Gasteiger partial charge in [0.25, 0.3) is 0 Å². The fraction of sp³-hybridized carbons (Fsp3) is 0.300. The van der Waals surface area contributed by atoms with Gasteiger partial charge in [-0.15, -0.1) is 0 Å². The molecule has 0 aliphatic carbocycles. The van der Waals surface area contributed by atoms with E-state index in [1.165, 1.54) is 7.11 Å². The molecule has 1 saturated heterocycles. The molecule has 6 nitrogen and oxygen atoms in total. The molecular formula is C20H21ClN2O4. The number of ether oxygens (including phenoxy) is 2. The van der Waals surface area contributed by atoms with E-state index >= 15 is 0 Å². The Morgan fingerprint density at radius 1 is 1.19 bits per heavy atom. The summed E-state index contributed by atoms with van der Waals surface area (Å²) in [5, 5.41) is 3.40. The molecule has 27 heavy (non-hydrogen) atoms. The maximum atomic E-state index is 12.6. The largest absolute Gasteiger partial charge is 0.496 e. The quantitative estimate of drug-likeness (QED) is 0.826. The van der Waals surface area contributed by atoms with Crippen molar-refractivity contribution < 1.29 is 19.1 Å². The molecule has 0 aromatic heterocycles. The third kappa shape index (κ3) is 4.17. The number of benzene rings is 2. The van der Waals surface area contributed by atoms with Crippen LogP contribution in [0.2, 0.25) is 5.02 Å². The van der Waals surface area contributed by atoms with Crippen LogP contribution in [0, 0.1) is 5.92 Å². The van der Waals surface area contributed by atoms with Gasteiger partial charge < -0.3 is 19.7 Å². The third-order valence-electron chi connectivity index (χ3n) is 4.57. The second-order valence-electron chi connectivity index (χ2n) is 6.25. The molecule has 2 aromatic carbocycles. The molecule has 0 unspecified atom stereocenters. The molecule has 1 aliphatic rings. The first-order chi connectivity index (χ1) is 13.0. The molecule has 1 atom stereocenters. The fourth-order valence-corrected chi connectivity index (χ4v) is 3.33. The van der Waals surface area contributed by atoms with Crippen molar-refractivity contribution in [3.63, 3.8) is 0 Å². The van der Waals surface area contributed by atoms with Gasteiger partial charge >= 0.3 is 0 Å². The Bertz CT molecular complexity index is 856. The van der Waals surface area contributed by atoms with Crippen LogP contribution in [0.15, 0.2) is 42.5 Å². The maximum absolute atomic E-state index is 12.6. The summed E-state index contributed by atoms with van der Waals surface area (Å²) in [4.78, 5) is 26.6. The fourth-order valence-electron chi connectivity index (χ4n) is 3.17. The van der Waals surface area contributed by atoms with Crippen LogP contribution in [0.1, 0.15) is 12.0 Å². The van der Waals surface area contributed by atoms with E-state index in [0.29, 0.717) is 28.8 Å². The van der Waals surface area contributed by atoms with Crippen LogP contribution in [0.25, 0.3) is 0 Å². The van der Waals surface area contributed by atoms with Gasteiger partial charge in [-0.2, -0.15) is 0 Å². The van der Waals surface area contributed by atoms with Crippen molar-refractivity contribution in [2.24, 2.45) is 5.92 Å². The van der Waals surface area contributed by atoms with E-state index in [0.717, 1.165) is 5.56 Å². The summed E-state index contributed by atoms with van der Waals surface area (Å²) in [6, 6.07) is 12.6. The van der Waals surface area contributed by atoms with Gasteiger partial charge in [0.1, 0.15) is 11.5 Å². The second kappa shape index (κ2) is 8.31. The Balaban J connectivity index is 1.68. The van der Waals surface area contributed by atoms with Crippen molar-refractivity contribution in [2.45, 2.75) is 13.0 Å². The minimum absolute atomic E-state index is 0.131. The summed E-state index contributed by atoms with van der Waals surface area (Å²) < 4.78 is 10.6. The van der Waals surface area contributed by atoms with Crippen LogP contribution in [-0.2, 0) is 16.1 Å². The number of carbonyl (C=O) groups excluding carboxylic acids is 2. The van der Waals surface area contributed by atoms with Crippen molar-refractivity contribution in [3.05, 3.63) is 53.1 Å². The lowest BCUT2D eigenvalue weighted by Gasteiger charge is -2.20. The number of hydrogen-bond acceptors (Lipinski definition) is 4. The van der Waals surface area contributed by atoms with Gasteiger partial charge in [0.05, 0.1) is 25.8 Å². The lowest BCUT2D eigenvalue weighted by molar-refractivity contribution is -0.126. The number of nitrogens with one attached hydrogen (secondary N) is 1. The van der Waals surface area contributed by atoms with Gasteiger partial charge in [-0.3, -0.25) is 9.59 Å². The van der Waals surface area contributed by atoms with Crippen molar-refractivity contribution in [1.82, 2.24) is 5.32 Å². The lowest BCUT2D eigenvalue weighted by Crippen LogP contribution is -2.32. The van der Waals surface area contributed by atoms with E-state index in [-0.39, 0.29) is 24.8 Å². The van der Waals surface area contributed by atoms with Gasteiger partial charge in [-0.25, -0.2) is 0 Å². The number of carbonyl (C=O) groups is 2. The smallest absolute Gasteiger partial charge is 0.227 e. The normalized spacial score (nSPS) is 16.3. The molecule has 0 radical (unpaired) electrons. The zero-order valence-electron chi connectivity index (χ0n) is 15.2. The highest BCUT2D eigenvalue weighted by atomic mass is 35.5. The average Bonchev–Trinajstić information content (AvgIpc) is 3.07. The molecule has 2 aromatic rings. The predicted molar refractivity (Wildman–Crippen MR) is 103 cm³/mol. The van der Waals surface area contributed by atoms with Gasteiger partial charge in [0.15, 0.2) is 0 Å². The Morgan fingerprint density at radius 3 is 2.67 bits per heavy atom. The summed E-state index contributed by atoms with van der Waals surface area (Å²) in [6.07, 6.45) is 0.146. The van der Waals surface area contributed by atoms with Crippen LogP contribution in [0.5, 0.6) is 11.5 Å². The van der Waals surface area contributed by atoms with Crippen molar-refractivity contribution in [3.8, 4) is 11.5 Å². The summed E-state index contributed by atoms with van der Waals surface area (Å²) in [7, 11) is 3.12. The minimum Gasteiger partial charge on any atom is -0.496 e. The van der Waals surface area contributed by atoms with E-state index in [4.69, 9.17) is 21.1 Å². The predicted octanol–water partition coefficient (Wildman–Crippen LogP) is 3.03. The maximum Gasteiger partial charge on any atom is 0.227 e. The minimum atomic E-state index is -0.434. The average molecular weight is 389 g/mol. The highest BCUT2D eigenvalue weighted by Crippen LogP contribution is 2.35. The van der Waals surface area contributed by atoms with Gasteiger partial charge in [-0.05, 0) is 24.3 Å². The molecule has 0 saturated carbocycles. The molecule has 0 spiro atoms. The first kappa shape index (κ1) is 19.0. The topological polar surface area (TPSA) is 67.9 Å². The van der Waals surface area contributed by atoms with E-state index in [1.807, 2.05) is 24.3 Å². The zero-order valence-corrected chi connectivity index (χ0v) is 16.0. The van der Waals surface area contributed by atoms with E-state index in [9.17, 15) is 9.59 Å². The number of anilines is 1. The summed E-state index contributed by atoms with van der Waals surface area (Å²) >= 11 is 6.06. The molecule has 0 bridgehead atoms. The molecule has 1 fully saturated rings.